The molecule has 0 heterocycles. The zero-order valence-electron chi connectivity index (χ0n) is 12.9. The molecule has 0 aliphatic heterocycles. The van der Waals surface area contributed by atoms with E-state index in [-0.39, 0.29) is 10.7 Å². The molecule has 0 aliphatic rings. The molecule has 0 radical (unpaired) electrons. The third kappa shape index (κ3) is 3.65. The summed E-state index contributed by atoms with van der Waals surface area (Å²) in [6, 6.07) is 9.68. The first-order valence-electron chi connectivity index (χ1n) is 7.12. The number of rotatable bonds is 5. The van der Waals surface area contributed by atoms with Gasteiger partial charge >= 0.3 is 0 Å². The van der Waals surface area contributed by atoms with E-state index in [4.69, 9.17) is 4.74 Å². The maximum Gasteiger partial charge on any atom is 0.175 e. The third-order valence-electron chi connectivity index (χ3n) is 3.39. The highest BCUT2D eigenvalue weighted by Crippen LogP contribution is 2.29. The van der Waals surface area contributed by atoms with Crippen molar-refractivity contribution in [2.45, 2.75) is 25.2 Å². The minimum absolute atomic E-state index is 0.161. The second kappa shape index (κ2) is 6.48. The van der Waals surface area contributed by atoms with Gasteiger partial charge in [0.15, 0.2) is 9.84 Å². The van der Waals surface area contributed by atoms with E-state index in [0.29, 0.717) is 35.5 Å². The average molecular weight is 322 g/mol. The number of halogens is 1. The van der Waals surface area contributed by atoms with Crippen molar-refractivity contribution in [3.05, 3.63) is 47.8 Å². The highest BCUT2D eigenvalue weighted by molar-refractivity contribution is 7.90. The van der Waals surface area contributed by atoms with E-state index in [1.165, 1.54) is 18.2 Å². The van der Waals surface area contributed by atoms with E-state index in [9.17, 15) is 12.8 Å². The SMILES string of the molecule is CCOc1cc(-c2ccc(CC)c(F)c2)cc(S(C)(=O)=O)c1. The number of benzene rings is 2. The van der Waals surface area contributed by atoms with Gasteiger partial charge in [-0.2, -0.15) is 0 Å². The summed E-state index contributed by atoms with van der Waals surface area (Å²) in [5.74, 6) is 0.170. The second-order valence-electron chi connectivity index (χ2n) is 5.06. The largest absolute Gasteiger partial charge is 0.494 e. The highest BCUT2D eigenvalue weighted by atomic mass is 32.2. The monoisotopic (exact) mass is 322 g/mol. The van der Waals surface area contributed by atoms with Crippen molar-refractivity contribution in [2.24, 2.45) is 0 Å². The van der Waals surface area contributed by atoms with E-state index in [1.54, 1.807) is 18.2 Å². The van der Waals surface area contributed by atoms with Crippen molar-refractivity contribution in [3.8, 4) is 16.9 Å². The highest BCUT2D eigenvalue weighted by Gasteiger charge is 2.13. The molecule has 0 saturated heterocycles. The van der Waals surface area contributed by atoms with Crippen molar-refractivity contribution < 1.29 is 17.5 Å². The van der Waals surface area contributed by atoms with Crippen LogP contribution in [0, 0.1) is 5.82 Å². The molecule has 0 N–H and O–H groups in total. The Bertz CT molecular complexity index is 782. The lowest BCUT2D eigenvalue weighted by molar-refractivity contribution is 0.339. The summed E-state index contributed by atoms with van der Waals surface area (Å²) in [5, 5.41) is 0. The Labute approximate surface area is 130 Å². The quantitative estimate of drug-likeness (QED) is 0.839. The Morgan fingerprint density at radius 3 is 2.32 bits per heavy atom. The van der Waals surface area contributed by atoms with E-state index < -0.39 is 9.84 Å². The molecule has 0 aromatic heterocycles. The van der Waals surface area contributed by atoms with Crippen LogP contribution in [0.2, 0.25) is 0 Å². The van der Waals surface area contributed by atoms with Crippen LogP contribution in [0.5, 0.6) is 5.75 Å². The van der Waals surface area contributed by atoms with E-state index in [2.05, 4.69) is 0 Å². The van der Waals surface area contributed by atoms with Gasteiger partial charge in [-0.15, -0.1) is 0 Å². The Balaban J connectivity index is 2.58. The summed E-state index contributed by atoms with van der Waals surface area (Å²) < 4.78 is 43.0. The second-order valence-corrected chi connectivity index (χ2v) is 7.07. The number of aryl methyl sites for hydroxylation is 1. The minimum Gasteiger partial charge on any atom is -0.494 e. The van der Waals surface area contributed by atoms with Crippen LogP contribution >= 0.6 is 0 Å². The van der Waals surface area contributed by atoms with Crippen LogP contribution in [0.25, 0.3) is 11.1 Å². The molecular formula is C17H19FO3S. The summed E-state index contributed by atoms with van der Waals surface area (Å²) in [6.45, 7) is 4.13. The van der Waals surface area contributed by atoms with Gasteiger partial charge in [0, 0.05) is 6.26 Å². The standard InChI is InChI=1S/C17H19FO3S/c1-4-12-6-7-13(10-17(12)18)14-8-15(21-5-2)11-16(9-14)22(3,19)20/h6-11H,4-5H2,1-3H3. The van der Waals surface area contributed by atoms with Crippen molar-refractivity contribution in [2.75, 3.05) is 12.9 Å². The van der Waals surface area contributed by atoms with Crippen LogP contribution in [0.4, 0.5) is 4.39 Å². The van der Waals surface area contributed by atoms with Gasteiger partial charge in [-0.05, 0) is 54.3 Å². The molecule has 22 heavy (non-hydrogen) atoms. The Morgan fingerprint density at radius 1 is 1.05 bits per heavy atom. The van der Waals surface area contributed by atoms with Gasteiger partial charge in [0.1, 0.15) is 11.6 Å². The van der Waals surface area contributed by atoms with Gasteiger partial charge in [0.2, 0.25) is 0 Å². The summed E-state index contributed by atoms with van der Waals surface area (Å²) in [7, 11) is -3.37. The zero-order chi connectivity index (χ0) is 16.3. The third-order valence-corrected chi connectivity index (χ3v) is 4.48. The van der Waals surface area contributed by atoms with Crippen LogP contribution in [-0.4, -0.2) is 21.3 Å². The molecule has 5 heteroatoms. The molecule has 0 aliphatic carbocycles. The molecule has 0 spiro atoms. The minimum atomic E-state index is -3.37. The first kappa shape index (κ1) is 16.5. The molecule has 0 amide bonds. The number of ether oxygens (including phenoxy) is 1. The molecule has 0 atom stereocenters. The number of hydrogen-bond donors (Lipinski definition) is 0. The van der Waals surface area contributed by atoms with E-state index in [1.807, 2.05) is 13.8 Å². The fraction of sp³-hybridized carbons (Fsp3) is 0.294. The molecule has 3 nitrogen and oxygen atoms in total. The lowest BCUT2D eigenvalue weighted by atomic mass is 10.0. The van der Waals surface area contributed by atoms with Crippen LogP contribution < -0.4 is 4.74 Å². The van der Waals surface area contributed by atoms with Gasteiger partial charge in [-0.25, -0.2) is 12.8 Å². The van der Waals surface area contributed by atoms with Gasteiger partial charge < -0.3 is 4.74 Å². The lowest BCUT2D eigenvalue weighted by Gasteiger charge is -2.10. The first-order chi connectivity index (χ1) is 10.3. The van der Waals surface area contributed by atoms with Crippen molar-refractivity contribution >= 4 is 9.84 Å². The molecular weight excluding hydrogens is 303 g/mol. The van der Waals surface area contributed by atoms with Gasteiger partial charge in [-0.3, -0.25) is 0 Å². The van der Waals surface area contributed by atoms with E-state index in [0.717, 1.165) is 6.26 Å². The Morgan fingerprint density at radius 2 is 1.77 bits per heavy atom. The normalized spacial score (nSPS) is 11.5. The topological polar surface area (TPSA) is 43.4 Å². The summed E-state index contributed by atoms with van der Waals surface area (Å²) >= 11 is 0. The van der Waals surface area contributed by atoms with Gasteiger partial charge in [0.25, 0.3) is 0 Å². The molecule has 0 saturated carbocycles. The molecule has 2 rings (SSSR count). The summed E-state index contributed by atoms with van der Waals surface area (Å²) in [5.41, 5.74) is 1.88. The molecule has 0 fully saturated rings. The van der Waals surface area contributed by atoms with Crippen molar-refractivity contribution in [1.29, 1.82) is 0 Å². The molecule has 0 unspecified atom stereocenters. The zero-order valence-corrected chi connectivity index (χ0v) is 13.7. The summed E-state index contributed by atoms with van der Waals surface area (Å²) in [4.78, 5) is 0.161. The van der Waals surface area contributed by atoms with Gasteiger partial charge in [-0.1, -0.05) is 19.1 Å². The lowest BCUT2D eigenvalue weighted by Crippen LogP contribution is -2.00. The maximum atomic E-state index is 14.0. The van der Waals surface area contributed by atoms with Crippen LogP contribution in [0.3, 0.4) is 0 Å². The average Bonchev–Trinajstić information content (AvgIpc) is 2.46. The summed E-state index contributed by atoms with van der Waals surface area (Å²) in [6.07, 6.45) is 1.75. The molecule has 2 aromatic carbocycles. The smallest absolute Gasteiger partial charge is 0.175 e. The predicted molar refractivity (Wildman–Crippen MR) is 85.5 cm³/mol. The number of hydrogen-bond acceptors (Lipinski definition) is 3. The Hall–Kier alpha value is -1.88. The van der Waals surface area contributed by atoms with Gasteiger partial charge in [0.05, 0.1) is 11.5 Å². The van der Waals surface area contributed by atoms with Crippen molar-refractivity contribution in [3.63, 3.8) is 0 Å². The van der Waals surface area contributed by atoms with Crippen molar-refractivity contribution in [1.82, 2.24) is 0 Å². The van der Waals surface area contributed by atoms with Crippen LogP contribution in [-0.2, 0) is 16.3 Å². The number of sulfone groups is 1. The van der Waals surface area contributed by atoms with Crippen LogP contribution in [0.1, 0.15) is 19.4 Å². The maximum absolute atomic E-state index is 14.0. The molecule has 2 aromatic rings. The fourth-order valence-corrected chi connectivity index (χ4v) is 2.89. The Kier molecular flexibility index (Phi) is 4.86. The van der Waals surface area contributed by atoms with Crippen LogP contribution in [0.15, 0.2) is 41.3 Å². The first-order valence-corrected chi connectivity index (χ1v) is 9.01. The molecule has 118 valence electrons. The molecule has 0 bridgehead atoms. The fourth-order valence-electron chi connectivity index (χ4n) is 2.22. The predicted octanol–water partition coefficient (Wildman–Crippen LogP) is 3.86. The van der Waals surface area contributed by atoms with E-state index >= 15 is 0 Å².